The topological polar surface area (TPSA) is 84.9 Å². The molecule has 0 saturated carbocycles. The summed E-state index contributed by atoms with van der Waals surface area (Å²) >= 11 is 0. The molecular formula is C30H33F3N2O5. The van der Waals surface area contributed by atoms with Crippen molar-refractivity contribution in [1.82, 2.24) is 10.2 Å². The minimum Gasteiger partial charge on any atom is -0.497 e. The summed E-state index contributed by atoms with van der Waals surface area (Å²) in [5.74, 6) is -2.24. The zero-order valence-corrected chi connectivity index (χ0v) is 23.1. The third kappa shape index (κ3) is 5.44. The van der Waals surface area contributed by atoms with Crippen LogP contribution in [0, 0.1) is 5.41 Å². The molecule has 10 heteroatoms. The number of hydrogen-bond acceptors (Lipinski definition) is 5. The van der Waals surface area contributed by atoms with Gasteiger partial charge in [-0.2, -0.15) is 13.2 Å². The normalized spacial score (nSPS) is 20.6. The highest BCUT2D eigenvalue weighted by molar-refractivity contribution is 6.14. The van der Waals surface area contributed by atoms with Gasteiger partial charge in [-0.05, 0) is 74.1 Å². The van der Waals surface area contributed by atoms with Crippen molar-refractivity contribution in [1.29, 1.82) is 0 Å². The summed E-state index contributed by atoms with van der Waals surface area (Å²) in [5.41, 5.74) is -4.15. The molecule has 2 aromatic carbocycles. The second kappa shape index (κ2) is 10.6. The van der Waals surface area contributed by atoms with Gasteiger partial charge in [0, 0.05) is 24.2 Å². The van der Waals surface area contributed by atoms with Crippen LogP contribution in [0.1, 0.15) is 56.5 Å². The van der Waals surface area contributed by atoms with Crippen LogP contribution in [-0.4, -0.2) is 54.0 Å². The Labute approximate surface area is 231 Å². The van der Waals surface area contributed by atoms with Crippen LogP contribution in [0.15, 0.2) is 59.8 Å². The first-order valence-electron chi connectivity index (χ1n) is 13.1. The molecule has 4 rings (SSSR count). The van der Waals surface area contributed by atoms with E-state index in [2.05, 4.69) is 0 Å². The minimum absolute atomic E-state index is 0.0121. The number of benzene rings is 2. The third-order valence-electron chi connectivity index (χ3n) is 7.12. The maximum absolute atomic E-state index is 15.0. The van der Waals surface area contributed by atoms with Crippen molar-refractivity contribution in [3.05, 3.63) is 70.9 Å². The highest BCUT2D eigenvalue weighted by Gasteiger charge is 2.71. The molecule has 40 heavy (non-hydrogen) atoms. The van der Waals surface area contributed by atoms with Crippen LogP contribution in [0.5, 0.6) is 11.5 Å². The summed E-state index contributed by atoms with van der Waals surface area (Å²) in [4.78, 5) is 41.4. The predicted octanol–water partition coefficient (Wildman–Crippen LogP) is 5.24. The van der Waals surface area contributed by atoms with Crippen molar-refractivity contribution in [2.75, 3.05) is 13.7 Å². The summed E-state index contributed by atoms with van der Waals surface area (Å²) < 4.78 is 55.8. The molecule has 214 valence electrons. The number of carbonyl (C=O) groups excluding carboxylic acids is 3. The van der Waals surface area contributed by atoms with E-state index in [-0.39, 0.29) is 43.2 Å². The summed E-state index contributed by atoms with van der Waals surface area (Å²) in [5, 5.41) is 1.97. The lowest BCUT2D eigenvalue weighted by atomic mass is 9.72. The summed E-state index contributed by atoms with van der Waals surface area (Å²) in [6, 6.07) is 12.5. The lowest BCUT2D eigenvalue weighted by Gasteiger charge is -2.35. The number of ketones is 1. The van der Waals surface area contributed by atoms with E-state index in [0.717, 1.165) is 10.5 Å². The molecule has 0 fully saturated rings. The first kappa shape index (κ1) is 29.2. The molecule has 1 atom stereocenters. The molecule has 0 saturated heterocycles. The summed E-state index contributed by atoms with van der Waals surface area (Å²) in [6.45, 7) is 7.07. The van der Waals surface area contributed by atoms with Gasteiger partial charge in [-0.15, -0.1) is 0 Å². The molecule has 1 N–H and O–H groups in total. The third-order valence-corrected chi connectivity index (χ3v) is 7.12. The molecule has 2 amide bonds. The number of nitrogens with zero attached hydrogens (tertiary/aromatic N) is 1. The van der Waals surface area contributed by atoms with Gasteiger partial charge in [0.2, 0.25) is 5.54 Å². The second-order valence-corrected chi connectivity index (χ2v) is 11.2. The van der Waals surface area contributed by atoms with Gasteiger partial charge in [-0.3, -0.25) is 14.4 Å². The Hall–Kier alpha value is -3.82. The standard InChI is InChI=1S/C30H33F3N2O5/c1-18(2)40-22-12-8-20(9-13-22)26(37)34-29(30(31,32)33)25-23(16-28(3,4)17-24(25)36)35(27(29)38)15-14-19-6-10-21(39-5)11-7-19/h6-13,18H,14-17H2,1-5H3,(H,34,37)/t29-/m0/s1. The van der Waals surface area contributed by atoms with Gasteiger partial charge in [-0.25, -0.2) is 0 Å². The quantitative estimate of drug-likeness (QED) is 0.479. The van der Waals surface area contributed by atoms with Crippen LogP contribution < -0.4 is 14.8 Å². The average molecular weight is 559 g/mol. The van der Waals surface area contributed by atoms with Crippen LogP contribution in [0.2, 0.25) is 0 Å². The summed E-state index contributed by atoms with van der Waals surface area (Å²) in [6.07, 6.45) is -5.27. The van der Waals surface area contributed by atoms with Crippen molar-refractivity contribution in [2.45, 2.75) is 64.8 Å². The first-order chi connectivity index (χ1) is 18.7. The van der Waals surface area contributed by atoms with E-state index in [1.807, 2.05) is 19.2 Å². The molecule has 2 aliphatic rings. The van der Waals surface area contributed by atoms with E-state index in [1.165, 1.54) is 31.4 Å². The highest BCUT2D eigenvalue weighted by atomic mass is 19.4. The molecule has 1 aliphatic carbocycles. The lowest BCUT2D eigenvalue weighted by Crippen LogP contribution is -2.66. The van der Waals surface area contributed by atoms with Crippen molar-refractivity contribution in [3.63, 3.8) is 0 Å². The molecule has 0 unspecified atom stereocenters. The fourth-order valence-electron chi connectivity index (χ4n) is 5.29. The van der Waals surface area contributed by atoms with E-state index in [9.17, 15) is 14.4 Å². The van der Waals surface area contributed by atoms with E-state index in [4.69, 9.17) is 9.47 Å². The number of Topliss-reactive ketones (excluding diaryl/α,β-unsaturated/α-hetero) is 1. The largest absolute Gasteiger partial charge is 0.497 e. The molecular weight excluding hydrogens is 525 g/mol. The van der Waals surface area contributed by atoms with E-state index in [1.54, 1.807) is 38.1 Å². The van der Waals surface area contributed by atoms with Crippen molar-refractivity contribution in [2.24, 2.45) is 5.41 Å². The molecule has 7 nitrogen and oxygen atoms in total. The van der Waals surface area contributed by atoms with E-state index >= 15 is 13.2 Å². The number of hydrogen-bond donors (Lipinski definition) is 1. The molecule has 0 spiro atoms. The van der Waals surface area contributed by atoms with Gasteiger partial charge in [0.05, 0.1) is 18.8 Å². The number of carbonyl (C=O) groups is 3. The zero-order chi connectivity index (χ0) is 29.5. The lowest BCUT2D eigenvalue weighted by molar-refractivity contribution is -0.190. The number of alkyl halides is 3. The number of nitrogens with one attached hydrogen (secondary N) is 1. The van der Waals surface area contributed by atoms with E-state index < -0.39 is 40.3 Å². The Morgan fingerprint density at radius 2 is 1.60 bits per heavy atom. The molecule has 0 bridgehead atoms. The molecule has 0 radical (unpaired) electrons. The number of ether oxygens (including phenoxy) is 2. The van der Waals surface area contributed by atoms with Crippen LogP contribution in [0.3, 0.4) is 0 Å². The van der Waals surface area contributed by atoms with Crippen LogP contribution >= 0.6 is 0 Å². The van der Waals surface area contributed by atoms with Crippen molar-refractivity contribution in [3.8, 4) is 11.5 Å². The number of amides is 2. The fraction of sp³-hybridized carbons (Fsp3) is 0.433. The number of allylic oxidation sites excluding steroid dienone is 1. The molecule has 1 aliphatic heterocycles. The molecule has 2 aromatic rings. The van der Waals surface area contributed by atoms with Crippen molar-refractivity contribution >= 4 is 17.6 Å². The fourth-order valence-corrected chi connectivity index (χ4v) is 5.29. The zero-order valence-electron chi connectivity index (χ0n) is 23.1. The van der Waals surface area contributed by atoms with Crippen LogP contribution in [0.4, 0.5) is 13.2 Å². The Bertz CT molecular complexity index is 1330. The number of halogens is 3. The SMILES string of the molecule is COc1ccc(CCN2C(=O)[C@](NC(=O)c3ccc(OC(C)C)cc3)(C(F)(F)F)C3=C2CC(C)(C)CC3=O)cc1. The first-order valence-corrected chi connectivity index (χ1v) is 13.1. The molecule has 1 heterocycles. The van der Waals surface area contributed by atoms with Crippen LogP contribution in [0.25, 0.3) is 0 Å². The Balaban J connectivity index is 1.73. The Morgan fingerprint density at radius 1 is 1.00 bits per heavy atom. The minimum atomic E-state index is -5.27. The van der Waals surface area contributed by atoms with Crippen molar-refractivity contribution < 1.29 is 37.0 Å². The monoisotopic (exact) mass is 558 g/mol. The van der Waals surface area contributed by atoms with Crippen LogP contribution in [-0.2, 0) is 16.0 Å². The van der Waals surface area contributed by atoms with Gasteiger partial charge in [0.25, 0.3) is 11.8 Å². The van der Waals surface area contributed by atoms with Gasteiger partial charge in [0.15, 0.2) is 5.78 Å². The van der Waals surface area contributed by atoms with Gasteiger partial charge in [-0.1, -0.05) is 26.0 Å². The molecule has 0 aromatic heterocycles. The Kier molecular flexibility index (Phi) is 7.75. The van der Waals surface area contributed by atoms with Gasteiger partial charge < -0.3 is 19.7 Å². The number of rotatable bonds is 8. The summed E-state index contributed by atoms with van der Waals surface area (Å²) in [7, 11) is 1.52. The highest BCUT2D eigenvalue weighted by Crippen LogP contribution is 2.51. The van der Waals surface area contributed by atoms with Gasteiger partial charge in [0.1, 0.15) is 11.5 Å². The van der Waals surface area contributed by atoms with Gasteiger partial charge >= 0.3 is 6.18 Å². The second-order valence-electron chi connectivity index (χ2n) is 11.2. The average Bonchev–Trinajstić information content (AvgIpc) is 3.10. The maximum Gasteiger partial charge on any atom is 0.425 e. The maximum atomic E-state index is 15.0. The Morgan fingerprint density at radius 3 is 2.15 bits per heavy atom. The predicted molar refractivity (Wildman–Crippen MR) is 142 cm³/mol. The smallest absolute Gasteiger partial charge is 0.425 e. The number of methoxy groups -OCH3 is 1. The van der Waals surface area contributed by atoms with E-state index in [0.29, 0.717) is 11.5 Å².